The number of aliphatic hydroxyl groups excluding tert-OH is 1. The number of nitrogens with zero attached hydrogens (tertiary/aromatic N) is 1. The first-order chi connectivity index (χ1) is 9.63. The average Bonchev–Trinajstić information content (AvgIpc) is 2.47. The number of hydrogen-bond donors (Lipinski definition) is 2. The third-order valence-corrected chi connectivity index (χ3v) is 3.89. The molecule has 1 aliphatic carbocycles. The van der Waals surface area contributed by atoms with Crippen molar-refractivity contribution in [1.29, 1.82) is 5.26 Å². The van der Waals surface area contributed by atoms with Crippen molar-refractivity contribution < 1.29 is 10.2 Å². The molecule has 1 fully saturated rings. The van der Waals surface area contributed by atoms with Gasteiger partial charge in [-0.3, -0.25) is 0 Å². The van der Waals surface area contributed by atoms with E-state index in [1.807, 2.05) is 42.5 Å². The Bertz CT molecular complexity index is 510. The van der Waals surface area contributed by atoms with E-state index in [9.17, 15) is 10.2 Å². The second-order valence-corrected chi connectivity index (χ2v) is 5.55. The summed E-state index contributed by atoms with van der Waals surface area (Å²) in [5, 5.41) is 28.9. The Hall–Kier alpha value is -1.63. The predicted molar refractivity (Wildman–Crippen MR) is 78.7 cm³/mol. The van der Waals surface area contributed by atoms with Crippen LogP contribution in [-0.2, 0) is 0 Å². The largest absolute Gasteiger partial charge is 0.387 e. The van der Waals surface area contributed by atoms with Crippen molar-refractivity contribution >= 4 is 6.08 Å². The van der Waals surface area contributed by atoms with E-state index in [4.69, 9.17) is 5.26 Å². The summed E-state index contributed by atoms with van der Waals surface area (Å²) >= 11 is 0. The Labute approximate surface area is 120 Å². The van der Waals surface area contributed by atoms with Gasteiger partial charge in [-0.2, -0.15) is 5.26 Å². The molecule has 3 nitrogen and oxygen atoms in total. The Balaban J connectivity index is 2.09. The molecule has 0 heterocycles. The maximum absolute atomic E-state index is 10.4. The summed E-state index contributed by atoms with van der Waals surface area (Å²) in [5.41, 5.74) is 1.00. The van der Waals surface area contributed by atoms with E-state index in [2.05, 4.69) is 0 Å². The summed E-state index contributed by atoms with van der Waals surface area (Å²) in [5.74, 6) is 0. The maximum Gasteiger partial charge on any atom is 0.0920 e. The molecule has 1 aromatic carbocycles. The van der Waals surface area contributed by atoms with Crippen LogP contribution in [0.1, 0.15) is 55.8 Å². The molecule has 0 aromatic heterocycles. The summed E-state index contributed by atoms with van der Waals surface area (Å²) in [6.07, 6.45) is 8.12. The van der Waals surface area contributed by atoms with Crippen molar-refractivity contribution in [2.75, 3.05) is 0 Å². The third kappa shape index (κ3) is 3.93. The summed E-state index contributed by atoms with van der Waals surface area (Å²) in [7, 11) is 0. The van der Waals surface area contributed by atoms with E-state index in [0.29, 0.717) is 0 Å². The van der Waals surface area contributed by atoms with Gasteiger partial charge in [0.25, 0.3) is 0 Å². The van der Waals surface area contributed by atoms with Crippen molar-refractivity contribution in [2.45, 2.75) is 50.2 Å². The number of hydrogen-bond acceptors (Lipinski definition) is 3. The second-order valence-electron chi connectivity index (χ2n) is 5.55. The highest BCUT2D eigenvalue weighted by Gasteiger charge is 2.25. The summed E-state index contributed by atoms with van der Waals surface area (Å²) < 4.78 is 0. The molecule has 1 aliphatic rings. The fourth-order valence-corrected chi connectivity index (χ4v) is 2.66. The van der Waals surface area contributed by atoms with Gasteiger partial charge in [0.2, 0.25) is 0 Å². The fourth-order valence-electron chi connectivity index (χ4n) is 2.66. The smallest absolute Gasteiger partial charge is 0.0920 e. The molecule has 20 heavy (non-hydrogen) atoms. The molecule has 3 heteroatoms. The monoisotopic (exact) mass is 271 g/mol. The lowest BCUT2D eigenvalue weighted by Gasteiger charge is -2.28. The van der Waals surface area contributed by atoms with E-state index in [1.54, 1.807) is 0 Å². The first kappa shape index (κ1) is 14.8. The van der Waals surface area contributed by atoms with Gasteiger partial charge in [0.1, 0.15) is 0 Å². The van der Waals surface area contributed by atoms with Crippen LogP contribution in [0.2, 0.25) is 0 Å². The van der Waals surface area contributed by atoms with Crippen molar-refractivity contribution in [3.05, 3.63) is 41.5 Å². The normalized spacial score (nSPS) is 19.6. The summed E-state index contributed by atoms with van der Waals surface area (Å²) in [6, 6.07) is 9.44. The van der Waals surface area contributed by atoms with Gasteiger partial charge < -0.3 is 10.2 Å². The van der Waals surface area contributed by atoms with Gasteiger partial charge in [-0.05, 0) is 30.0 Å². The average molecular weight is 271 g/mol. The lowest BCUT2D eigenvalue weighted by molar-refractivity contribution is 0.0521. The first-order valence-electron chi connectivity index (χ1n) is 7.20. The number of rotatable bonds is 4. The first-order valence-corrected chi connectivity index (χ1v) is 7.20. The minimum absolute atomic E-state index is 0.0944. The maximum atomic E-state index is 10.4. The van der Waals surface area contributed by atoms with Gasteiger partial charge >= 0.3 is 0 Å². The van der Waals surface area contributed by atoms with Crippen LogP contribution in [0.5, 0.6) is 0 Å². The lowest BCUT2D eigenvalue weighted by Crippen LogP contribution is -2.28. The standard InChI is InChI=1S/C17H21NO2/c18-12-8-16(19)15-6-4-5-14(13-15)7-11-17(20)9-2-1-3-10-17/h4-7,11,13,16,19-20H,1-3,8-10H2. The molecule has 0 bridgehead atoms. The van der Waals surface area contributed by atoms with Crippen LogP contribution in [0.4, 0.5) is 0 Å². The van der Waals surface area contributed by atoms with Crippen LogP contribution < -0.4 is 0 Å². The van der Waals surface area contributed by atoms with Crippen molar-refractivity contribution in [3.63, 3.8) is 0 Å². The zero-order valence-corrected chi connectivity index (χ0v) is 11.6. The van der Waals surface area contributed by atoms with Gasteiger partial charge in [-0.25, -0.2) is 0 Å². The van der Waals surface area contributed by atoms with Crippen LogP contribution in [0.3, 0.4) is 0 Å². The number of aliphatic hydroxyl groups is 2. The van der Waals surface area contributed by atoms with Crippen molar-refractivity contribution in [3.8, 4) is 6.07 Å². The van der Waals surface area contributed by atoms with Crippen molar-refractivity contribution in [2.24, 2.45) is 0 Å². The molecule has 1 saturated carbocycles. The Morgan fingerprint density at radius 1 is 1.30 bits per heavy atom. The van der Waals surface area contributed by atoms with Gasteiger partial charge in [-0.1, -0.05) is 49.6 Å². The van der Waals surface area contributed by atoms with E-state index >= 15 is 0 Å². The van der Waals surface area contributed by atoms with Crippen molar-refractivity contribution in [1.82, 2.24) is 0 Å². The van der Waals surface area contributed by atoms with Crippen LogP contribution in [0.15, 0.2) is 30.3 Å². The van der Waals surface area contributed by atoms with Gasteiger partial charge in [0.15, 0.2) is 0 Å². The van der Waals surface area contributed by atoms with Crippen LogP contribution >= 0.6 is 0 Å². The Morgan fingerprint density at radius 3 is 2.75 bits per heavy atom. The topological polar surface area (TPSA) is 64.2 Å². The SMILES string of the molecule is N#CCC(O)c1cccc(C=CC2(O)CCCCC2)c1. The second kappa shape index (κ2) is 6.69. The molecule has 1 unspecified atom stereocenters. The molecule has 1 aromatic rings. The molecule has 0 saturated heterocycles. The molecule has 2 rings (SSSR count). The molecular weight excluding hydrogens is 250 g/mol. The molecular formula is C17H21NO2. The highest BCUT2D eigenvalue weighted by Crippen LogP contribution is 2.30. The van der Waals surface area contributed by atoms with Crippen LogP contribution in [0, 0.1) is 11.3 Å². The van der Waals surface area contributed by atoms with E-state index in [-0.39, 0.29) is 6.42 Å². The lowest BCUT2D eigenvalue weighted by atomic mass is 9.84. The quantitative estimate of drug-likeness (QED) is 0.882. The predicted octanol–water partition coefficient (Wildman–Crippen LogP) is 3.34. The minimum Gasteiger partial charge on any atom is -0.387 e. The third-order valence-electron chi connectivity index (χ3n) is 3.89. The molecule has 106 valence electrons. The van der Waals surface area contributed by atoms with Gasteiger partial charge in [0, 0.05) is 0 Å². The van der Waals surface area contributed by atoms with Gasteiger partial charge in [-0.15, -0.1) is 0 Å². The number of benzene rings is 1. The molecule has 0 radical (unpaired) electrons. The fraction of sp³-hybridized carbons (Fsp3) is 0.471. The molecule has 1 atom stereocenters. The van der Waals surface area contributed by atoms with Crippen LogP contribution in [-0.4, -0.2) is 15.8 Å². The molecule has 2 N–H and O–H groups in total. The zero-order valence-electron chi connectivity index (χ0n) is 11.6. The zero-order chi connectivity index (χ0) is 14.4. The van der Waals surface area contributed by atoms with Gasteiger partial charge in [0.05, 0.1) is 24.2 Å². The van der Waals surface area contributed by atoms with Crippen LogP contribution in [0.25, 0.3) is 6.08 Å². The molecule has 0 amide bonds. The highest BCUT2D eigenvalue weighted by atomic mass is 16.3. The van der Waals surface area contributed by atoms with E-state index in [1.165, 1.54) is 6.42 Å². The highest BCUT2D eigenvalue weighted by molar-refractivity contribution is 5.52. The van der Waals surface area contributed by atoms with E-state index < -0.39 is 11.7 Å². The summed E-state index contributed by atoms with van der Waals surface area (Å²) in [4.78, 5) is 0. The number of nitriles is 1. The summed E-state index contributed by atoms with van der Waals surface area (Å²) in [6.45, 7) is 0. The molecule has 0 aliphatic heterocycles. The Morgan fingerprint density at radius 2 is 2.05 bits per heavy atom. The minimum atomic E-state index is -0.744. The van der Waals surface area contributed by atoms with E-state index in [0.717, 1.165) is 36.8 Å². The Kier molecular flexibility index (Phi) is 4.94. The molecule has 0 spiro atoms.